The standard InChI is InChI=1S/C28H25F2N5O2/c1-5-17-16-12-21(23-18(29)8-6-9-19(23)30)34-35-24(16)28(4,27(17,2)3)22-11-7-10-20(33-22)15-13-31-25(26(36)37)32-14-15/h6-14,17H,5H2,1-4H3,(H,36,37)/t17-,28-/m0/s1. The lowest BCUT2D eigenvalue weighted by Crippen LogP contribution is -2.39. The number of aromatic carboxylic acids is 1. The Labute approximate surface area is 212 Å². The Bertz CT molecular complexity index is 1500. The molecule has 188 valence electrons. The number of carbonyl (C=O) groups is 1. The molecule has 0 unspecified atom stereocenters. The molecule has 0 saturated heterocycles. The van der Waals surface area contributed by atoms with Gasteiger partial charge in [-0.3, -0.25) is 4.98 Å². The minimum absolute atomic E-state index is 0.0280. The highest BCUT2D eigenvalue weighted by Gasteiger charge is 2.57. The van der Waals surface area contributed by atoms with E-state index in [1.54, 1.807) is 6.07 Å². The van der Waals surface area contributed by atoms with E-state index in [1.807, 2.05) is 18.2 Å². The van der Waals surface area contributed by atoms with Gasteiger partial charge in [-0.2, -0.15) is 5.10 Å². The highest BCUT2D eigenvalue weighted by molar-refractivity contribution is 5.83. The van der Waals surface area contributed by atoms with Crippen molar-refractivity contribution in [3.8, 4) is 22.5 Å². The molecule has 37 heavy (non-hydrogen) atoms. The number of fused-ring (bicyclic) bond motifs is 1. The first-order valence-electron chi connectivity index (χ1n) is 11.9. The van der Waals surface area contributed by atoms with E-state index in [2.05, 4.69) is 47.9 Å². The summed E-state index contributed by atoms with van der Waals surface area (Å²) in [5.74, 6) is -2.84. The number of rotatable bonds is 5. The Morgan fingerprint density at radius 3 is 2.24 bits per heavy atom. The molecule has 4 aromatic rings. The molecule has 1 aliphatic rings. The third-order valence-corrected chi connectivity index (χ3v) is 7.86. The van der Waals surface area contributed by atoms with Crippen LogP contribution in [0.1, 0.15) is 67.6 Å². The van der Waals surface area contributed by atoms with E-state index >= 15 is 0 Å². The van der Waals surface area contributed by atoms with Crippen molar-refractivity contribution < 1.29 is 18.7 Å². The van der Waals surface area contributed by atoms with Crippen LogP contribution in [-0.4, -0.2) is 36.2 Å². The predicted molar refractivity (Wildman–Crippen MR) is 133 cm³/mol. The molecule has 1 N–H and O–H groups in total. The fourth-order valence-corrected chi connectivity index (χ4v) is 5.59. The summed E-state index contributed by atoms with van der Waals surface area (Å²) in [6.07, 6.45) is 3.65. The minimum Gasteiger partial charge on any atom is -0.475 e. The Balaban J connectivity index is 1.65. The zero-order valence-corrected chi connectivity index (χ0v) is 20.8. The van der Waals surface area contributed by atoms with Gasteiger partial charge in [0.25, 0.3) is 0 Å². The van der Waals surface area contributed by atoms with Crippen LogP contribution in [0.2, 0.25) is 0 Å². The van der Waals surface area contributed by atoms with E-state index in [4.69, 9.17) is 10.1 Å². The number of hydrogen-bond donors (Lipinski definition) is 1. The number of carboxylic acid groups (broad SMARTS) is 1. The average Bonchev–Trinajstić information content (AvgIpc) is 3.06. The van der Waals surface area contributed by atoms with Gasteiger partial charge < -0.3 is 5.11 Å². The number of nitrogens with zero attached hydrogens (tertiary/aromatic N) is 5. The molecule has 0 aliphatic heterocycles. The number of carboxylic acids is 1. The molecule has 0 radical (unpaired) electrons. The van der Waals surface area contributed by atoms with E-state index in [1.165, 1.54) is 30.6 Å². The molecule has 0 spiro atoms. The maximum absolute atomic E-state index is 14.6. The van der Waals surface area contributed by atoms with Gasteiger partial charge in [0, 0.05) is 18.0 Å². The summed E-state index contributed by atoms with van der Waals surface area (Å²) in [5.41, 5.74) is 2.43. The highest BCUT2D eigenvalue weighted by Crippen LogP contribution is 2.61. The van der Waals surface area contributed by atoms with Crippen molar-refractivity contribution in [3.05, 3.63) is 89.3 Å². The van der Waals surface area contributed by atoms with Gasteiger partial charge in [-0.05, 0) is 60.6 Å². The third kappa shape index (κ3) is 3.68. The molecule has 1 aromatic carbocycles. The van der Waals surface area contributed by atoms with E-state index in [0.717, 1.165) is 17.7 Å². The van der Waals surface area contributed by atoms with E-state index in [9.17, 15) is 13.6 Å². The van der Waals surface area contributed by atoms with Crippen LogP contribution in [0.3, 0.4) is 0 Å². The molecular formula is C28H25F2N5O2. The van der Waals surface area contributed by atoms with Crippen molar-refractivity contribution in [3.63, 3.8) is 0 Å². The number of pyridine rings is 1. The molecular weight excluding hydrogens is 476 g/mol. The molecule has 3 heterocycles. The molecule has 0 bridgehead atoms. The number of aromatic nitrogens is 5. The molecule has 0 amide bonds. The van der Waals surface area contributed by atoms with Crippen molar-refractivity contribution in [2.45, 2.75) is 45.4 Å². The normalized spacial score (nSPS) is 20.0. The first-order chi connectivity index (χ1) is 17.6. The summed E-state index contributed by atoms with van der Waals surface area (Å²) in [6, 6.07) is 11.1. The first-order valence-corrected chi connectivity index (χ1v) is 11.9. The van der Waals surface area contributed by atoms with Gasteiger partial charge >= 0.3 is 5.97 Å². The van der Waals surface area contributed by atoms with E-state index < -0.39 is 23.0 Å². The van der Waals surface area contributed by atoms with Gasteiger partial charge in [-0.15, -0.1) is 5.10 Å². The van der Waals surface area contributed by atoms with Crippen molar-refractivity contribution in [1.29, 1.82) is 0 Å². The second kappa shape index (κ2) is 8.76. The third-order valence-electron chi connectivity index (χ3n) is 7.86. The van der Waals surface area contributed by atoms with Crippen molar-refractivity contribution in [2.24, 2.45) is 5.41 Å². The maximum atomic E-state index is 14.6. The number of halogens is 2. The van der Waals surface area contributed by atoms with Crippen LogP contribution in [0.25, 0.3) is 22.5 Å². The molecule has 0 saturated carbocycles. The lowest BCUT2D eigenvalue weighted by Gasteiger charge is -2.41. The summed E-state index contributed by atoms with van der Waals surface area (Å²) in [6.45, 7) is 8.43. The summed E-state index contributed by atoms with van der Waals surface area (Å²) < 4.78 is 29.1. The van der Waals surface area contributed by atoms with Gasteiger partial charge in [-0.1, -0.05) is 32.9 Å². The summed E-state index contributed by atoms with van der Waals surface area (Å²) in [5, 5.41) is 17.9. The Morgan fingerprint density at radius 1 is 0.973 bits per heavy atom. The second-order valence-electron chi connectivity index (χ2n) is 9.95. The van der Waals surface area contributed by atoms with Crippen LogP contribution in [0.5, 0.6) is 0 Å². The van der Waals surface area contributed by atoms with Crippen LogP contribution >= 0.6 is 0 Å². The zero-order chi connectivity index (χ0) is 26.5. The van der Waals surface area contributed by atoms with Crippen LogP contribution in [0, 0.1) is 17.0 Å². The first kappa shape index (κ1) is 24.5. The molecule has 9 heteroatoms. The highest BCUT2D eigenvalue weighted by atomic mass is 19.1. The van der Waals surface area contributed by atoms with Crippen molar-refractivity contribution in [1.82, 2.24) is 25.1 Å². The van der Waals surface area contributed by atoms with Crippen molar-refractivity contribution >= 4 is 5.97 Å². The van der Waals surface area contributed by atoms with Crippen LogP contribution in [0.4, 0.5) is 8.78 Å². The quantitative estimate of drug-likeness (QED) is 0.368. The summed E-state index contributed by atoms with van der Waals surface area (Å²) in [7, 11) is 0. The predicted octanol–water partition coefficient (Wildman–Crippen LogP) is 5.81. The number of hydrogen-bond acceptors (Lipinski definition) is 6. The van der Waals surface area contributed by atoms with Gasteiger partial charge in [0.05, 0.1) is 33.8 Å². The van der Waals surface area contributed by atoms with Gasteiger partial charge in [0.15, 0.2) is 0 Å². The largest absolute Gasteiger partial charge is 0.475 e. The summed E-state index contributed by atoms with van der Waals surface area (Å²) in [4.78, 5) is 23.9. The number of benzene rings is 1. The van der Waals surface area contributed by atoms with Crippen LogP contribution in [0.15, 0.2) is 54.9 Å². The Kier molecular flexibility index (Phi) is 5.81. The average molecular weight is 502 g/mol. The van der Waals surface area contributed by atoms with Crippen LogP contribution in [-0.2, 0) is 5.41 Å². The molecule has 2 atom stereocenters. The lowest BCUT2D eigenvalue weighted by molar-refractivity contribution is 0.0683. The minimum atomic E-state index is -1.20. The molecule has 0 fully saturated rings. The van der Waals surface area contributed by atoms with E-state index in [0.29, 0.717) is 17.0 Å². The Hall–Kier alpha value is -4.14. The second-order valence-corrected chi connectivity index (χ2v) is 9.95. The zero-order valence-electron chi connectivity index (χ0n) is 20.8. The lowest BCUT2D eigenvalue weighted by atomic mass is 9.62. The fraction of sp³-hybridized carbons (Fsp3) is 0.286. The fourth-order valence-electron chi connectivity index (χ4n) is 5.59. The maximum Gasteiger partial charge on any atom is 0.373 e. The van der Waals surface area contributed by atoms with Gasteiger partial charge in [0.2, 0.25) is 5.82 Å². The summed E-state index contributed by atoms with van der Waals surface area (Å²) >= 11 is 0. The van der Waals surface area contributed by atoms with Crippen LogP contribution < -0.4 is 0 Å². The smallest absolute Gasteiger partial charge is 0.373 e. The van der Waals surface area contributed by atoms with Crippen molar-refractivity contribution in [2.75, 3.05) is 0 Å². The van der Waals surface area contributed by atoms with Gasteiger partial charge in [0.1, 0.15) is 11.6 Å². The topological polar surface area (TPSA) is 102 Å². The van der Waals surface area contributed by atoms with Gasteiger partial charge in [-0.25, -0.2) is 23.5 Å². The molecule has 3 aromatic heterocycles. The molecule has 7 nitrogen and oxygen atoms in total. The Morgan fingerprint density at radius 2 is 1.62 bits per heavy atom. The monoisotopic (exact) mass is 501 g/mol. The molecule has 5 rings (SSSR count). The molecule has 1 aliphatic carbocycles. The van der Waals surface area contributed by atoms with E-state index in [-0.39, 0.29) is 28.4 Å². The SMILES string of the molecule is CC[C@H]1c2cc(-c3c(F)cccc3F)nnc2[C@](C)(c2cccc(-c3cnc(C(=O)O)nc3)n2)C1(C)C.